The van der Waals surface area contributed by atoms with E-state index in [1.54, 1.807) is 0 Å². The predicted molar refractivity (Wildman–Crippen MR) is 105 cm³/mol. The third-order valence-electron chi connectivity index (χ3n) is 5.55. The van der Waals surface area contributed by atoms with Crippen LogP contribution in [0.3, 0.4) is 0 Å². The Morgan fingerprint density at radius 2 is 1.65 bits per heavy atom. The molecule has 1 aliphatic carbocycles. The Labute approximate surface area is 191 Å². The van der Waals surface area contributed by atoms with Crippen LogP contribution < -0.4 is 15.4 Å². The van der Waals surface area contributed by atoms with Gasteiger partial charge in [0, 0.05) is 6.04 Å². The Morgan fingerprint density at radius 3 is 2.21 bits per heavy atom. The fraction of sp³-hybridized carbons (Fsp3) is 0.619. The maximum Gasteiger partial charge on any atom is 0.522 e. The minimum Gasteiger partial charge on any atom is -0.484 e. The van der Waals surface area contributed by atoms with Crippen molar-refractivity contribution >= 4 is 11.8 Å². The van der Waals surface area contributed by atoms with E-state index >= 15 is 0 Å². The molecule has 0 radical (unpaired) electrons. The highest BCUT2D eigenvalue weighted by Gasteiger charge is 2.37. The number of benzene rings is 1. The van der Waals surface area contributed by atoms with Crippen LogP contribution in [-0.4, -0.2) is 56.2 Å². The Balaban J connectivity index is 1.30. The summed E-state index contributed by atoms with van der Waals surface area (Å²) in [5.41, 5.74) is -0.824. The Bertz CT molecular complexity index is 832. The molecule has 2 fully saturated rings. The summed E-state index contributed by atoms with van der Waals surface area (Å²) in [6.07, 6.45) is -8.26. The predicted octanol–water partition coefficient (Wildman–Crippen LogP) is 3.18. The van der Waals surface area contributed by atoms with Crippen LogP contribution in [0, 0.1) is 5.92 Å². The third kappa shape index (κ3) is 8.05. The normalized spacial score (nSPS) is 25.2. The van der Waals surface area contributed by atoms with Gasteiger partial charge in [-0.3, -0.25) is 14.3 Å². The van der Waals surface area contributed by atoms with Crippen molar-refractivity contribution in [3.63, 3.8) is 0 Å². The lowest BCUT2D eigenvalue weighted by atomic mass is 9.80. The molecule has 13 heteroatoms. The van der Waals surface area contributed by atoms with E-state index in [1.165, 1.54) is 0 Å². The number of carbonyl (C=O) groups excluding carboxylic acids is 2. The Morgan fingerprint density at radius 1 is 0.971 bits per heavy atom. The van der Waals surface area contributed by atoms with Gasteiger partial charge in [-0.05, 0) is 55.9 Å². The third-order valence-corrected chi connectivity index (χ3v) is 5.55. The number of rotatable bonds is 8. The summed E-state index contributed by atoms with van der Waals surface area (Å²) in [6.45, 7) is -0.747. The first-order valence-corrected chi connectivity index (χ1v) is 10.6. The van der Waals surface area contributed by atoms with Gasteiger partial charge in [-0.1, -0.05) is 0 Å². The summed E-state index contributed by atoms with van der Waals surface area (Å²) in [4.78, 5) is 24.3. The first-order valence-electron chi connectivity index (χ1n) is 10.6. The average molecular weight is 498 g/mol. The number of nitrogens with one attached hydrogen (secondary N) is 2. The van der Waals surface area contributed by atoms with Crippen LogP contribution in [0.25, 0.3) is 0 Å². The van der Waals surface area contributed by atoms with Gasteiger partial charge in [0.05, 0.1) is 24.8 Å². The number of carbonyl (C=O) groups is 2. The topological polar surface area (TPSA) is 85.9 Å². The molecule has 2 amide bonds. The Hall–Kier alpha value is -2.54. The highest BCUT2D eigenvalue weighted by Crippen LogP contribution is 2.31. The van der Waals surface area contributed by atoms with Crippen molar-refractivity contribution in [1.29, 1.82) is 0 Å². The smallest absolute Gasteiger partial charge is 0.484 e. The summed E-state index contributed by atoms with van der Waals surface area (Å²) in [5, 5.41) is 5.41. The molecule has 1 saturated carbocycles. The fourth-order valence-electron chi connectivity index (χ4n) is 3.73. The van der Waals surface area contributed by atoms with Crippen LogP contribution in [0.4, 0.5) is 26.3 Å². The van der Waals surface area contributed by atoms with Gasteiger partial charge in [-0.25, -0.2) is 0 Å². The van der Waals surface area contributed by atoms with Gasteiger partial charge in [-0.2, -0.15) is 13.2 Å². The van der Waals surface area contributed by atoms with E-state index in [4.69, 9.17) is 9.47 Å². The van der Waals surface area contributed by atoms with Crippen LogP contribution in [0.5, 0.6) is 5.75 Å². The van der Waals surface area contributed by atoms with Crippen LogP contribution in [-0.2, 0) is 25.2 Å². The van der Waals surface area contributed by atoms with Gasteiger partial charge in [-0.15, -0.1) is 13.2 Å². The van der Waals surface area contributed by atoms with Gasteiger partial charge in [0.2, 0.25) is 5.91 Å². The van der Waals surface area contributed by atoms with E-state index in [9.17, 15) is 35.9 Å². The summed E-state index contributed by atoms with van der Waals surface area (Å²) < 4.78 is 88.2. The number of halogens is 6. The second-order valence-electron chi connectivity index (χ2n) is 8.27. The quantitative estimate of drug-likeness (QED) is 0.538. The molecule has 0 unspecified atom stereocenters. The lowest BCUT2D eigenvalue weighted by molar-refractivity contribution is -0.330. The number of amides is 2. The van der Waals surface area contributed by atoms with Crippen molar-refractivity contribution in [2.24, 2.45) is 5.92 Å². The standard InChI is InChI=1S/C21H24F6N2O5/c22-20(23,24)13-1-4-16(5-2-13)32-11-18(30)28-14-3-6-17(33-10-14)19(31)29-15-7-12(8-15)9-34-21(25,26)27/h1-2,4-5,12,14-15,17H,3,6-11H2,(H,28,30)(H,29,31)/t12?,14-,15?,17+/m0/s1. The summed E-state index contributed by atoms with van der Waals surface area (Å²) in [7, 11) is 0. The lowest BCUT2D eigenvalue weighted by Crippen LogP contribution is -2.52. The fourth-order valence-corrected chi connectivity index (χ4v) is 3.73. The van der Waals surface area contributed by atoms with Crippen LogP contribution in [0.2, 0.25) is 0 Å². The average Bonchev–Trinajstić information content (AvgIpc) is 2.73. The minimum absolute atomic E-state index is 0.0802. The summed E-state index contributed by atoms with van der Waals surface area (Å²) in [5.74, 6) is -0.986. The molecule has 1 heterocycles. The maximum absolute atomic E-state index is 12.6. The van der Waals surface area contributed by atoms with Gasteiger partial charge in [0.25, 0.3) is 5.91 Å². The molecule has 1 aromatic carbocycles. The zero-order valence-corrected chi connectivity index (χ0v) is 17.9. The largest absolute Gasteiger partial charge is 0.522 e. The SMILES string of the molecule is O=C(COc1ccc(C(F)(F)F)cc1)N[C@H]1CC[C@H](C(=O)NC2CC(COC(F)(F)F)C2)OC1. The van der Waals surface area contributed by atoms with Crippen molar-refractivity contribution < 1.29 is 50.1 Å². The monoisotopic (exact) mass is 498 g/mol. The lowest BCUT2D eigenvalue weighted by Gasteiger charge is -2.37. The molecule has 1 saturated heterocycles. The van der Waals surface area contributed by atoms with Gasteiger partial charge in [0.15, 0.2) is 6.61 Å². The zero-order chi connectivity index (χ0) is 24.9. The molecule has 190 valence electrons. The number of hydrogen-bond acceptors (Lipinski definition) is 5. The van der Waals surface area contributed by atoms with Crippen molar-refractivity contribution in [2.75, 3.05) is 19.8 Å². The van der Waals surface area contributed by atoms with Gasteiger partial charge in [0.1, 0.15) is 11.9 Å². The van der Waals surface area contributed by atoms with Crippen molar-refractivity contribution in [3.05, 3.63) is 29.8 Å². The first-order chi connectivity index (χ1) is 15.9. The van der Waals surface area contributed by atoms with E-state index in [0.717, 1.165) is 24.3 Å². The first kappa shape index (κ1) is 26.1. The van der Waals surface area contributed by atoms with Crippen molar-refractivity contribution in [2.45, 2.75) is 56.4 Å². The van der Waals surface area contributed by atoms with E-state index in [-0.39, 0.29) is 36.3 Å². The second kappa shape index (κ2) is 10.8. The molecule has 2 N–H and O–H groups in total. The van der Waals surface area contributed by atoms with Crippen LogP contribution in [0.1, 0.15) is 31.2 Å². The van der Waals surface area contributed by atoms with Crippen molar-refractivity contribution in [1.82, 2.24) is 10.6 Å². The molecule has 34 heavy (non-hydrogen) atoms. The van der Waals surface area contributed by atoms with Crippen LogP contribution >= 0.6 is 0 Å². The molecule has 1 aromatic rings. The zero-order valence-electron chi connectivity index (χ0n) is 17.9. The maximum atomic E-state index is 12.6. The molecule has 7 nitrogen and oxygen atoms in total. The van der Waals surface area contributed by atoms with E-state index in [1.807, 2.05) is 0 Å². The van der Waals surface area contributed by atoms with E-state index in [0.29, 0.717) is 25.7 Å². The highest BCUT2D eigenvalue weighted by molar-refractivity contribution is 5.81. The molecule has 0 bridgehead atoms. The Kier molecular flexibility index (Phi) is 8.29. The summed E-state index contributed by atoms with van der Waals surface area (Å²) >= 11 is 0. The molecule has 0 spiro atoms. The van der Waals surface area contributed by atoms with Gasteiger partial charge < -0.3 is 20.1 Å². The summed E-state index contributed by atoms with van der Waals surface area (Å²) in [6, 6.07) is 3.37. The molecule has 2 atom stereocenters. The highest BCUT2D eigenvalue weighted by atomic mass is 19.4. The minimum atomic E-state index is -4.66. The molecule has 0 aromatic heterocycles. The molecule has 3 rings (SSSR count). The molecular weight excluding hydrogens is 474 g/mol. The van der Waals surface area contributed by atoms with E-state index in [2.05, 4.69) is 15.4 Å². The van der Waals surface area contributed by atoms with Crippen molar-refractivity contribution in [3.8, 4) is 5.75 Å². The van der Waals surface area contributed by atoms with Gasteiger partial charge >= 0.3 is 12.5 Å². The second-order valence-corrected chi connectivity index (χ2v) is 8.27. The molecule has 2 aliphatic rings. The van der Waals surface area contributed by atoms with E-state index < -0.39 is 43.3 Å². The molecule has 1 aliphatic heterocycles. The number of ether oxygens (including phenoxy) is 3. The number of hydrogen-bond donors (Lipinski definition) is 2. The van der Waals surface area contributed by atoms with Crippen LogP contribution in [0.15, 0.2) is 24.3 Å². The number of alkyl halides is 6. The molecular formula is C21H24F6N2O5.